The number of rotatable bonds is 7. The van der Waals surface area contributed by atoms with E-state index in [4.69, 9.17) is 20.8 Å². The predicted molar refractivity (Wildman–Crippen MR) is 130 cm³/mol. The van der Waals surface area contributed by atoms with Gasteiger partial charge in [0.15, 0.2) is 5.76 Å². The number of hydrogen-bond donors (Lipinski definition) is 5. The van der Waals surface area contributed by atoms with Crippen LogP contribution in [0.3, 0.4) is 0 Å². The van der Waals surface area contributed by atoms with Gasteiger partial charge in [-0.2, -0.15) is 0 Å². The Morgan fingerprint density at radius 1 is 1.03 bits per heavy atom. The molecule has 1 aromatic heterocycles. The third-order valence-corrected chi connectivity index (χ3v) is 6.20. The van der Waals surface area contributed by atoms with Crippen LogP contribution >= 0.6 is 0 Å². The maximum atomic E-state index is 13.1. The molecule has 1 amide bonds. The quantitative estimate of drug-likeness (QED) is 0.194. The Hall–Kier alpha value is -4.32. The van der Waals surface area contributed by atoms with Crippen molar-refractivity contribution in [3.05, 3.63) is 89.7 Å². The maximum absolute atomic E-state index is 13.1. The average molecular weight is 492 g/mol. The minimum atomic E-state index is -3.92. The molecule has 0 aliphatic carbocycles. The zero-order valence-electron chi connectivity index (χ0n) is 18.2. The van der Waals surface area contributed by atoms with Crippen LogP contribution in [0, 0.1) is 5.41 Å². The third kappa shape index (κ3) is 4.96. The fourth-order valence-corrected chi connectivity index (χ4v) is 4.34. The standard InChI is InChI=1S/C24H21N5O5S/c25-23(26)16-5-3-4-15(12-16)22-21(19(13-30)34-29-22)24(31)28-17-10-8-14(9-11-17)18-6-1-2-7-20(18)35(27,32)33/h1-12,30H,13H2,(H3,25,26)(H,28,31)(H2,27,32,33). The van der Waals surface area contributed by atoms with Crippen molar-refractivity contribution in [1.82, 2.24) is 5.16 Å². The Morgan fingerprint density at radius 3 is 2.40 bits per heavy atom. The third-order valence-electron chi connectivity index (χ3n) is 5.23. The largest absolute Gasteiger partial charge is 0.388 e. The van der Waals surface area contributed by atoms with Crippen LogP contribution in [-0.4, -0.2) is 30.4 Å². The van der Waals surface area contributed by atoms with E-state index in [9.17, 15) is 18.3 Å². The van der Waals surface area contributed by atoms with Gasteiger partial charge >= 0.3 is 0 Å². The van der Waals surface area contributed by atoms with E-state index in [1.54, 1.807) is 66.7 Å². The molecule has 0 radical (unpaired) electrons. The molecule has 0 fully saturated rings. The van der Waals surface area contributed by atoms with Crippen LogP contribution in [-0.2, 0) is 16.6 Å². The second-order valence-corrected chi connectivity index (χ2v) is 9.08. The van der Waals surface area contributed by atoms with Crippen molar-refractivity contribution in [3.63, 3.8) is 0 Å². The number of sulfonamides is 1. The first-order valence-electron chi connectivity index (χ1n) is 10.3. The van der Waals surface area contributed by atoms with Gasteiger partial charge in [0.05, 0.1) is 4.90 Å². The first-order chi connectivity index (χ1) is 16.7. The highest BCUT2D eigenvalue weighted by molar-refractivity contribution is 7.89. The summed E-state index contributed by atoms with van der Waals surface area (Å²) in [6.45, 7) is -0.550. The average Bonchev–Trinajstić information content (AvgIpc) is 3.28. The second-order valence-electron chi connectivity index (χ2n) is 7.55. The molecular weight excluding hydrogens is 470 g/mol. The Labute approximate surface area is 200 Å². The molecule has 1 heterocycles. The zero-order valence-corrected chi connectivity index (χ0v) is 19.0. The van der Waals surface area contributed by atoms with Crippen molar-refractivity contribution in [2.45, 2.75) is 11.5 Å². The molecular formula is C24H21N5O5S. The number of anilines is 1. The molecule has 0 spiro atoms. The summed E-state index contributed by atoms with van der Waals surface area (Å²) in [6, 6.07) is 19.4. The van der Waals surface area contributed by atoms with Gasteiger partial charge in [-0.3, -0.25) is 10.2 Å². The van der Waals surface area contributed by atoms with Crippen molar-refractivity contribution in [2.75, 3.05) is 5.32 Å². The van der Waals surface area contributed by atoms with Gasteiger partial charge in [0.2, 0.25) is 10.0 Å². The van der Waals surface area contributed by atoms with Gasteiger partial charge in [-0.1, -0.05) is 53.7 Å². The first kappa shape index (κ1) is 23.8. The molecule has 11 heteroatoms. The van der Waals surface area contributed by atoms with E-state index < -0.39 is 22.5 Å². The number of amides is 1. The smallest absolute Gasteiger partial charge is 0.261 e. The summed E-state index contributed by atoms with van der Waals surface area (Å²) in [4.78, 5) is 13.1. The number of primary sulfonamides is 1. The molecule has 0 aliphatic rings. The monoisotopic (exact) mass is 491 g/mol. The second kappa shape index (κ2) is 9.50. The van der Waals surface area contributed by atoms with E-state index in [1.165, 1.54) is 6.07 Å². The Bertz CT molecular complexity index is 1530. The number of hydrogen-bond acceptors (Lipinski definition) is 7. The fraction of sp³-hybridized carbons (Fsp3) is 0.0417. The minimum absolute atomic E-state index is 0.00808. The van der Waals surface area contributed by atoms with Gasteiger partial charge in [-0.25, -0.2) is 13.6 Å². The highest BCUT2D eigenvalue weighted by atomic mass is 32.2. The van der Waals surface area contributed by atoms with Crippen LogP contribution in [0.2, 0.25) is 0 Å². The number of nitrogens with one attached hydrogen (secondary N) is 2. The number of amidine groups is 1. The van der Waals surface area contributed by atoms with Crippen LogP contribution < -0.4 is 16.2 Å². The molecule has 0 aliphatic heterocycles. The number of aliphatic hydroxyl groups excluding tert-OH is 1. The molecule has 7 N–H and O–H groups in total. The molecule has 10 nitrogen and oxygen atoms in total. The maximum Gasteiger partial charge on any atom is 0.261 e. The van der Waals surface area contributed by atoms with Gasteiger partial charge in [0, 0.05) is 22.4 Å². The lowest BCUT2D eigenvalue weighted by atomic mass is 10.0. The summed E-state index contributed by atoms with van der Waals surface area (Å²) in [5.74, 6) is -0.742. The molecule has 0 saturated carbocycles. The van der Waals surface area contributed by atoms with Crippen LogP contribution in [0.15, 0.2) is 82.2 Å². The van der Waals surface area contributed by atoms with Gasteiger partial charge in [0.25, 0.3) is 5.91 Å². The van der Waals surface area contributed by atoms with E-state index in [-0.39, 0.29) is 27.7 Å². The van der Waals surface area contributed by atoms with Crippen molar-refractivity contribution < 1.29 is 22.8 Å². The molecule has 35 heavy (non-hydrogen) atoms. The van der Waals surface area contributed by atoms with Gasteiger partial charge < -0.3 is 20.7 Å². The number of benzene rings is 3. The first-order valence-corrected chi connectivity index (χ1v) is 11.8. The number of nitrogen functional groups attached to an aromatic ring is 1. The molecule has 4 rings (SSSR count). The van der Waals surface area contributed by atoms with Crippen molar-refractivity contribution in [1.29, 1.82) is 5.41 Å². The summed E-state index contributed by atoms with van der Waals surface area (Å²) >= 11 is 0. The van der Waals surface area contributed by atoms with E-state index in [0.29, 0.717) is 27.9 Å². The molecule has 0 saturated heterocycles. The van der Waals surface area contributed by atoms with Gasteiger partial charge in [-0.15, -0.1) is 0 Å². The number of carbonyl (C=O) groups excluding carboxylic acids is 1. The number of nitrogens with two attached hydrogens (primary N) is 2. The van der Waals surface area contributed by atoms with Crippen molar-refractivity contribution >= 4 is 27.5 Å². The van der Waals surface area contributed by atoms with Crippen LogP contribution in [0.1, 0.15) is 21.7 Å². The lowest BCUT2D eigenvalue weighted by Gasteiger charge is -2.10. The van der Waals surface area contributed by atoms with Gasteiger partial charge in [0.1, 0.15) is 23.7 Å². The summed E-state index contributed by atoms with van der Waals surface area (Å²) in [5, 5.41) is 29.3. The summed E-state index contributed by atoms with van der Waals surface area (Å²) in [5.41, 5.74) is 8.16. The predicted octanol–water partition coefficient (Wildman–Crippen LogP) is 2.68. The zero-order chi connectivity index (χ0) is 25.2. The number of carbonyl (C=O) groups is 1. The fourth-order valence-electron chi connectivity index (χ4n) is 3.58. The molecule has 3 aromatic carbocycles. The molecule has 0 unspecified atom stereocenters. The Kier molecular flexibility index (Phi) is 6.47. The van der Waals surface area contributed by atoms with Crippen LogP contribution in [0.5, 0.6) is 0 Å². The lowest BCUT2D eigenvalue weighted by Crippen LogP contribution is -2.15. The minimum Gasteiger partial charge on any atom is -0.388 e. The number of aromatic nitrogens is 1. The molecule has 0 atom stereocenters. The Balaban J connectivity index is 1.64. The summed E-state index contributed by atoms with van der Waals surface area (Å²) in [6.07, 6.45) is 0. The van der Waals surface area contributed by atoms with Gasteiger partial charge in [-0.05, 0) is 29.8 Å². The highest BCUT2D eigenvalue weighted by Gasteiger charge is 2.24. The topological polar surface area (TPSA) is 185 Å². The molecule has 178 valence electrons. The number of nitrogens with zero attached hydrogens (tertiary/aromatic N) is 1. The number of aliphatic hydroxyl groups is 1. The normalized spacial score (nSPS) is 11.3. The Morgan fingerprint density at radius 2 is 1.74 bits per heavy atom. The van der Waals surface area contributed by atoms with Crippen LogP contribution in [0.4, 0.5) is 5.69 Å². The van der Waals surface area contributed by atoms with Crippen molar-refractivity contribution in [3.8, 4) is 22.4 Å². The summed E-state index contributed by atoms with van der Waals surface area (Å²) < 4.78 is 29.0. The SMILES string of the molecule is N=C(N)c1cccc(-c2noc(CO)c2C(=O)Nc2ccc(-c3ccccc3S(N)(=O)=O)cc2)c1. The summed E-state index contributed by atoms with van der Waals surface area (Å²) in [7, 11) is -3.92. The van der Waals surface area contributed by atoms with E-state index >= 15 is 0 Å². The van der Waals surface area contributed by atoms with E-state index in [1.807, 2.05) is 0 Å². The lowest BCUT2D eigenvalue weighted by molar-refractivity contribution is 0.102. The molecule has 0 bridgehead atoms. The molecule has 4 aromatic rings. The van der Waals surface area contributed by atoms with E-state index in [2.05, 4.69) is 10.5 Å². The van der Waals surface area contributed by atoms with E-state index in [0.717, 1.165) is 0 Å². The van der Waals surface area contributed by atoms with Crippen LogP contribution in [0.25, 0.3) is 22.4 Å². The van der Waals surface area contributed by atoms with Crippen molar-refractivity contribution in [2.24, 2.45) is 10.9 Å². The highest BCUT2D eigenvalue weighted by Crippen LogP contribution is 2.30.